The minimum atomic E-state index is -6.71. The molecule has 0 fully saturated rings. The van der Waals surface area contributed by atoms with E-state index in [1.807, 2.05) is 0 Å². The van der Waals surface area contributed by atoms with Crippen molar-refractivity contribution in [3.05, 3.63) is 12.4 Å². The second-order valence-corrected chi connectivity index (χ2v) is 7.14. The van der Waals surface area contributed by atoms with E-state index in [1.165, 1.54) is 0 Å². The van der Waals surface area contributed by atoms with Gasteiger partial charge in [0, 0.05) is 19.5 Å². The number of esters is 1. The van der Waals surface area contributed by atoms with Gasteiger partial charge in [0.15, 0.2) is 0 Å². The number of likely N-dealkylation sites (N-methyl/N-ethyl adjacent to an activating group) is 1. The standard InChI is InChI=1S/C14H17F8NO7S/c1-4-23(5-2)10(25)12(13(18,19)20,30-9(24)8(3)15)29-7-6-11(16,17)14(21,22)31(26,27)28/h3-7H2,1-2H3,(H,26,27,28). The molecule has 0 aromatic carbocycles. The topological polar surface area (TPSA) is 110 Å². The summed E-state index contributed by atoms with van der Waals surface area (Å²) in [6.07, 6.45) is -8.55. The summed E-state index contributed by atoms with van der Waals surface area (Å²) in [5.74, 6) is -17.3. The first-order valence-electron chi connectivity index (χ1n) is 8.02. The number of carbonyl (C=O) groups excluding carboxylic acids is 2. The lowest BCUT2D eigenvalue weighted by Gasteiger charge is -2.36. The van der Waals surface area contributed by atoms with E-state index >= 15 is 0 Å². The fourth-order valence-corrected chi connectivity index (χ4v) is 2.44. The number of carbonyl (C=O) groups is 2. The van der Waals surface area contributed by atoms with Crippen molar-refractivity contribution >= 4 is 22.0 Å². The van der Waals surface area contributed by atoms with Crippen LogP contribution in [-0.2, 0) is 29.2 Å². The molecule has 0 aromatic heterocycles. The van der Waals surface area contributed by atoms with Crippen LogP contribution >= 0.6 is 0 Å². The average molecular weight is 495 g/mol. The zero-order valence-corrected chi connectivity index (χ0v) is 16.6. The van der Waals surface area contributed by atoms with Gasteiger partial charge in [-0.05, 0) is 13.8 Å². The highest BCUT2D eigenvalue weighted by Crippen LogP contribution is 2.42. The number of ether oxygens (including phenoxy) is 2. The smallest absolute Gasteiger partial charge is 0.410 e. The molecule has 0 heterocycles. The van der Waals surface area contributed by atoms with Crippen molar-refractivity contribution in [2.24, 2.45) is 0 Å². The van der Waals surface area contributed by atoms with Gasteiger partial charge in [0.25, 0.3) is 0 Å². The molecule has 0 saturated carbocycles. The minimum Gasteiger partial charge on any atom is -0.410 e. The first-order valence-corrected chi connectivity index (χ1v) is 9.46. The first kappa shape index (κ1) is 29.0. The molecule has 0 bridgehead atoms. The maximum Gasteiger partial charge on any atom is 0.466 e. The maximum atomic E-state index is 13.7. The number of alkyl halides is 7. The molecule has 1 unspecified atom stereocenters. The average Bonchev–Trinajstić information content (AvgIpc) is 2.59. The van der Waals surface area contributed by atoms with E-state index in [0.717, 1.165) is 13.8 Å². The molecule has 0 aliphatic rings. The van der Waals surface area contributed by atoms with Gasteiger partial charge in [0.1, 0.15) is 0 Å². The Hall–Kier alpha value is -2.01. The normalized spacial score (nSPS) is 15.2. The van der Waals surface area contributed by atoms with Crippen molar-refractivity contribution in [2.75, 3.05) is 19.7 Å². The monoisotopic (exact) mass is 495 g/mol. The number of rotatable bonds is 11. The Kier molecular flexibility index (Phi) is 9.02. The SMILES string of the molecule is C=C(F)C(=O)OC(OCCC(F)(F)C(F)(F)S(=O)(=O)O)(C(=O)N(CC)CC)C(F)(F)F. The van der Waals surface area contributed by atoms with E-state index in [0.29, 0.717) is 4.90 Å². The molecule has 1 amide bonds. The number of hydrogen-bond donors (Lipinski definition) is 1. The van der Waals surface area contributed by atoms with E-state index in [4.69, 9.17) is 4.55 Å². The van der Waals surface area contributed by atoms with Gasteiger partial charge in [-0.15, -0.1) is 0 Å². The van der Waals surface area contributed by atoms with Crippen LogP contribution in [0.15, 0.2) is 12.4 Å². The summed E-state index contributed by atoms with van der Waals surface area (Å²) in [6, 6.07) is 0. The highest BCUT2D eigenvalue weighted by atomic mass is 32.2. The maximum absolute atomic E-state index is 13.7. The van der Waals surface area contributed by atoms with Crippen LogP contribution in [0.5, 0.6) is 0 Å². The second-order valence-electron chi connectivity index (χ2n) is 5.68. The first-order chi connectivity index (χ1) is 13.7. The second kappa shape index (κ2) is 9.64. The molecule has 8 nitrogen and oxygen atoms in total. The molecule has 31 heavy (non-hydrogen) atoms. The molecule has 1 N–H and O–H groups in total. The Morgan fingerprint density at radius 1 is 1.03 bits per heavy atom. The van der Waals surface area contributed by atoms with Gasteiger partial charge < -0.3 is 14.4 Å². The van der Waals surface area contributed by atoms with Crippen LogP contribution in [0.2, 0.25) is 0 Å². The number of hydrogen-bond acceptors (Lipinski definition) is 6. The van der Waals surface area contributed by atoms with Gasteiger partial charge in [0.2, 0.25) is 5.83 Å². The molecule has 0 aliphatic carbocycles. The highest BCUT2D eigenvalue weighted by Gasteiger charge is 2.69. The van der Waals surface area contributed by atoms with E-state index in [-0.39, 0.29) is 0 Å². The molecule has 0 saturated heterocycles. The third kappa shape index (κ3) is 6.03. The molecule has 1 atom stereocenters. The van der Waals surface area contributed by atoms with Crippen LogP contribution in [0.3, 0.4) is 0 Å². The van der Waals surface area contributed by atoms with E-state index < -0.39 is 77.1 Å². The Bertz CT molecular complexity index is 795. The van der Waals surface area contributed by atoms with Gasteiger partial charge in [-0.1, -0.05) is 6.58 Å². The predicted molar refractivity (Wildman–Crippen MR) is 85.1 cm³/mol. The van der Waals surface area contributed by atoms with Crippen LogP contribution in [0.4, 0.5) is 35.1 Å². The Morgan fingerprint density at radius 2 is 1.48 bits per heavy atom. The lowest BCUT2D eigenvalue weighted by molar-refractivity contribution is -0.353. The summed E-state index contributed by atoms with van der Waals surface area (Å²) >= 11 is 0. The Morgan fingerprint density at radius 3 is 1.81 bits per heavy atom. The summed E-state index contributed by atoms with van der Waals surface area (Å²) in [7, 11) is -6.71. The van der Waals surface area contributed by atoms with Gasteiger partial charge in [-0.25, -0.2) is 4.79 Å². The molecule has 0 radical (unpaired) electrons. The molecular weight excluding hydrogens is 478 g/mol. The molecule has 0 rings (SSSR count). The van der Waals surface area contributed by atoms with Crippen LogP contribution in [-0.4, -0.2) is 72.6 Å². The van der Waals surface area contributed by atoms with Crippen LogP contribution < -0.4 is 0 Å². The highest BCUT2D eigenvalue weighted by molar-refractivity contribution is 7.87. The third-order valence-electron chi connectivity index (χ3n) is 3.63. The van der Waals surface area contributed by atoms with E-state index in [1.54, 1.807) is 0 Å². The van der Waals surface area contributed by atoms with Gasteiger partial charge >= 0.3 is 45.1 Å². The quantitative estimate of drug-likeness (QED) is 0.154. The van der Waals surface area contributed by atoms with Crippen LogP contribution in [0, 0.1) is 0 Å². The molecule has 0 spiro atoms. The van der Waals surface area contributed by atoms with E-state index in [9.17, 15) is 53.1 Å². The molecule has 0 aromatic rings. The van der Waals surface area contributed by atoms with Crippen molar-refractivity contribution in [1.82, 2.24) is 4.90 Å². The molecule has 17 heteroatoms. The minimum absolute atomic E-state index is 0.340. The molecular formula is C14H17F8NO7S. The zero-order valence-electron chi connectivity index (χ0n) is 15.8. The summed E-state index contributed by atoms with van der Waals surface area (Å²) < 4.78 is 144. The number of amides is 1. The Balaban J connectivity index is 6.20. The third-order valence-corrected chi connectivity index (χ3v) is 4.58. The zero-order chi connectivity index (χ0) is 25.1. The van der Waals surface area contributed by atoms with Crippen LogP contribution in [0.25, 0.3) is 0 Å². The number of nitrogens with zero attached hydrogens (tertiary/aromatic N) is 1. The van der Waals surface area contributed by atoms with E-state index in [2.05, 4.69) is 16.1 Å². The summed E-state index contributed by atoms with van der Waals surface area (Å²) in [5, 5.41) is -6.14. The van der Waals surface area contributed by atoms with Gasteiger partial charge in [-0.2, -0.15) is 43.5 Å². The van der Waals surface area contributed by atoms with Gasteiger partial charge in [-0.3, -0.25) is 9.35 Å². The number of halogens is 8. The summed E-state index contributed by atoms with van der Waals surface area (Å²) in [5.41, 5.74) is 0. The van der Waals surface area contributed by atoms with Crippen LogP contribution in [0.1, 0.15) is 20.3 Å². The lowest BCUT2D eigenvalue weighted by atomic mass is 10.2. The largest absolute Gasteiger partial charge is 0.466 e. The van der Waals surface area contributed by atoms with Gasteiger partial charge in [0.05, 0.1) is 6.61 Å². The molecule has 182 valence electrons. The fourth-order valence-electron chi connectivity index (χ4n) is 1.96. The summed E-state index contributed by atoms with van der Waals surface area (Å²) in [4.78, 5) is 24.0. The van der Waals surface area contributed by atoms with Crippen molar-refractivity contribution in [1.29, 1.82) is 0 Å². The fraction of sp³-hybridized carbons (Fsp3) is 0.714. The molecule has 0 aliphatic heterocycles. The van der Waals surface area contributed by atoms with Crippen molar-refractivity contribution in [2.45, 2.75) is 43.4 Å². The predicted octanol–water partition coefficient (Wildman–Crippen LogP) is 2.66. The summed E-state index contributed by atoms with van der Waals surface area (Å²) in [6.45, 7) is 1.55. The van der Waals surface area contributed by atoms with Crippen molar-refractivity contribution in [3.63, 3.8) is 0 Å². The lowest BCUT2D eigenvalue weighted by Crippen LogP contribution is -2.62. The van der Waals surface area contributed by atoms with Crippen molar-refractivity contribution in [3.8, 4) is 0 Å². The Labute approximate surface area is 170 Å². The van der Waals surface area contributed by atoms with Crippen molar-refractivity contribution < 1.29 is 67.2 Å².